The number of nitrogens with zero attached hydrogens (tertiary/aromatic N) is 1. The molecule has 130 valence electrons. The zero-order valence-electron chi connectivity index (χ0n) is 14.2. The number of para-hydroxylation sites is 1. The first-order valence-corrected chi connectivity index (χ1v) is 10.5. The predicted octanol–water partition coefficient (Wildman–Crippen LogP) is 6.66. The summed E-state index contributed by atoms with van der Waals surface area (Å²) in [6.07, 6.45) is 0. The molecule has 0 aliphatic carbocycles. The number of thiazole rings is 1. The van der Waals surface area contributed by atoms with Gasteiger partial charge in [0.2, 0.25) is 0 Å². The van der Waals surface area contributed by atoms with Crippen LogP contribution in [-0.2, 0) is 0 Å². The molecule has 2 heterocycles. The molecule has 0 spiro atoms. The lowest BCUT2D eigenvalue weighted by atomic mass is 10.1. The fourth-order valence-corrected chi connectivity index (χ4v) is 5.35. The smallest absolute Gasteiger partial charge is 0.256 e. The maximum atomic E-state index is 12.7. The van der Waals surface area contributed by atoms with Crippen LogP contribution in [-0.4, -0.2) is 10.9 Å². The van der Waals surface area contributed by atoms with Gasteiger partial charge in [0.05, 0.1) is 10.2 Å². The first-order valence-electron chi connectivity index (χ1n) is 8.06. The molecule has 0 saturated carbocycles. The van der Waals surface area contributed by atoms with E-state index in [4.69, 9.17) is 4.98 Å². The molecule has 2 aromatic carbocycles. The van der Waals surface area contributed by atoms with Crippen molar-refractivity contribution >= 4 is 59.7 Å². The fraction of sp³-hybridized carbons (Fsp3) is 0.100. The number of halogens is 1. The van der Waals surface area contributed by atoms with Gasteiger partial charge < -0.3 is 5.32 Å². The number of rotatable bonds is 3. The van der Waals surface area contributed by atoms with Crippen molar-refractivity contribution in [3.05, 3.63) is 69.0 Å². The van der Waals surface area contributed by atoms with E-state index in [9.17, 15) is 4.79 Å². The van der Waals surface area contributed by atoms with Gasteiger partial charge >= 0.3 is 0 Å². The molecule has 0 aliphatic rings. The minimum absolute atomic E-state index is 0.116. The highest BCUT2D eigenvalue weighted by molar-refractivity contribution is 9.10. The molecule has 1 N–H and O–H groups in total. The van der Waals surface area contributed by atoms with Gasteiger partial charge in [0.1, 0.15) is 10.0 Å². The van der Waals surface area contributed by atoms with Crippen LogP contribution in [0.3, 0.4) is 0 Å². The molecule has 0 bridgehead atoms. The standard InChI is InChI=1S/C20H15BrN2OS2/c1-11-12(2)25-20(23-18(24)13-6-5-7-14(21)10-13)17(11)19-22-15-8-3-4-9-16(15)26-19/h3-10H,1-2H3,(H,23,24). The summed E-state index contributed by atoms with van der Waals surface area (Å²) in [5.74, 6) is -0.116. The molecular weight excluding hydrogens is 428 g/mol. The molecule has 3 nitrogen and oxygen atoms in total. The highest BCUT2D eigenvalue weighted by atomic mass is 79.9. The van der Waals surface area contributed by atoms with Gasteiger partial charge in [-0.3, -0.25) is 4.79 Å². The van der Waals surface area contributed by atoms with Crippen LogP contribution in [0.15, 0.2) is 53.0 Å². The summed E-state index contributed by atoms with van der Waals surface area (Å²) in [5, 5.41) is 4.88. The molecule has 0 atom stereocenters. The number of thiophene rings is 1. The van der Waals surface area contributed by atoms with Gasteiger partial charge in [0.15, 0.2) is 0 Å². The first kappa shape index (κ1) is 17.4. The number of carbonyl (C=O) groups excluding carboxylic acids is 1. The Morgan fingerprint density at radius 2 is 1.88 bits per heavy atom. The molecule has 26 heavy (non-hydrogen) atoms. The number of hydrogen-bond acceptors (Lipinski definition) is 4. The summed E-state index contributed by atoms with van der Waals surface area (Å²) < 4.78 is 2.03. The van der Waals surface area contributed by atoms with Crippen LogP contribution in [0, 0.1) is 13.8 Å². The van der Waals surface area contributed by atoms with E-state index >= 15 is 0 Å². The van der Waals surface area contributed by atoms with Crippen LogP contribution in [0.2, 0.25) is 0 Å². The number of aromatic nitrogens is 1. The van der Waals surface area contributed by atoms with Crippen LogP contribution in [0.4, 0.5) is 5.00 Å². The second-order valence-corrected chi connectivity index (χ2v) is 9.11. The number of fused-ring (bicyclic) bond motifs is 1. The van der Waals surface area contributed by atoms with Gasteiger partial charge in [0.25, 0.3) is 5.91 Å². The molecule has 1 amide bonds. The monoisotopic (exact) mass is 442 g/mol. The number of benzene rings is 2. The third-order valence-electron chi connectivity index (χ3n) is 4.21. The van der Waals surface area contributed by atoms with Crippen molar-refractivity contribution in [2.24, 2.45) is 0 Å². The van der Waals surface area contributed by atoms with Crippen molar-refractivity contribution in [3.63, 3.8) is 0 Å². The number of aryl methyl sites for hydroxylation is 1. The highest BCUT2D eigenvalue weighted by Gasteiger charge is 2.20. The van der Waals surface area contributed by atoms with Gasteiger partial charge in [0, 0.05) is 20.5 Å². The molecular formula is C20H15BrN2OS2. The summed E-state index contributed by atoms with van der Waals surface area (Å²) in [5.41, 5.74) is 3.80. The van der Waals surface area contributed by atoms with Gasteiger partial charge in [-0.25, -0.2) is 4.98 Å². The van der Waals surface area contributed by atoms with Crippen LogP contribution >= 0.6 is 38.6 Å². The number of nitrogens with one attached hydrogen (secondary N) is 1. The summed E-state index contributed by atoms with van der Waals surface area (Å²) in [7, 11) is 0. The molecule has 0 saturated heterocycles. The Morgan fingerprint density at radius 3 is 2.65 bits per heavy atom. The van der Waals surface area contributed by atoms with Gasteiger partial charge in [-0.05, 0) is 49.7 Å². The number of amides is 1. The van der Waals surface area contributed by atoms with E-state index in [1.54, 1.807) is 22.7 Å². The predicted molar refractivity (Wildman–Crippen MR) is 115 cm³/mol. The second kappa shape index (κ2) is 6.95. The second-order valence-electron chi connectivity index (χ2n) is 5.94. The van der Waals surface area contributed by atoms with Gasteiger partial charge in [-0.15, -0.1) is 22.7 Å². The largest absolute Gasteiger partial charge is 0.313 e. The van der Waals surface area contributed by atoms with Crippen molar-refractivity contribution in [1.82, 2.24) is 4.98 Å². The van der Waals surface area contributed by atoms with E-state index in [0.29, 0.717) is 5.56 Å². The minimum Gasteiger partial charge on any atom is -0.313 e. The van der Waals surface area contributed by atoms with Crippen molar-refractivity contribution in [2.75, 3.05) is 5.32 Å². The van der Waals surface area contributed by atoms with Crippen LogP contribution in [0.1, 0.15) is 20.8 Å². The Balaban J connectivity index is 1.75. The summed E-state index contributed by atoms with van der Waals surface area (Å²) in [6.45, 7) is 4.16. The van der Waals surface area contributed by atoms with Crippen LogP contribution < -0.4 is 5.32 Å². The third-order valence-corrected chi connectivity index (χ3v) is 6.88. The summed E-state index contributed by atoms with van der Waals surface area (Å²) >= 11 is 6.67. The van der Waals surface area contributed by atoms with Crippen molar-refractivity contribution in [1.29, 1.82) is 0 Å². The molecule has 4 aromatic rings. The zero-order chi connectivity index (χ0) is 18.3. The van der Waals surface area contributed by atoms with Gasteiger partial charge in [-0.2, -0.15) is 0 Å². The summed E-state index contributed by atoms with van der Waals surface area (Å²) in [4.78, 5) is 18.7. The Bertz CT molecular complexity index is 1100. The molecule has 0 unspecified atom stereocenters. The Hall–Kier alpha value is -2.02. The van der Waals surface area contributed by atoms with Crippen molar-refractivity contribution < 1.29 is 4.79 Å². The number of hydrogen-bond donors (Lipinski definition) is 1. The topological polar surface area (TPSA) is 42.0 Å². The first-order chi connectivity index (χ1) is 12.5. The Kier molecular flexibility index (Phi) is 4.65. The normalized spacial score (nSPS) is 11.0. The van der Waals surface area contributed by atoms with E-state index in [2.05, 4.69) is 41.2 Å². The highest BCUT2D eigenvalue weighted by Crippen LogP contribution is 2.43. The minimum atomic E-state index is -0.116. The lowest BCUT2D eigenvalue weighted by molar-refractivity contribution is 0.102. The van der Waals surface area contributed by atoms with Crippen LogP contribution in [0.25, 0.3) is 20.8 Å². The quantitative estimate of drug-likeness (QED) is 0.385. The number of carbonyl (C=O) groups is 1. The molecule has 2 aromatic heterocycles. The maximum absolute atomic E-state index is 12.7. The Morgan fingerprint density at radius 1 is 1.08 bits per heavy atom. The van der Waals surface area contributed by atoms with E-state index in [1.165, 1.54) is 10.4 Å². The van der Waals surface area contributed by atoms with E-state index < -0.39 is 0 Å². The van der Waals surface area contributed by atoms with Gasteiger partial charge in [-0.1, -0.05) is 34.1 Å². The van der Waals surface area contributed by atoms with Crippen molar-refractivity contribution in [2.45, 2.75) is 13.8 Å². The van der Waals surface area contributed by atoms with E-state index in [0.717, 1.165) is 30.3 Å². The third kappa shape index (κ3) is 3.20. The lowest BCUT2D eigenvalue weighted by Gasteiger charge is -2.06. The van der Waals surface area contributed by atoms with Crippen LogP contribution in [0.5, 0.6) is 0 Å². The molecule has 4 rings (SSSR count). The molecule has 6 heteroatoms. The fourth-order valence-electron chi connectivity index (χ4n) is 2.76. The van der Waals surface area contributed by atoms with E-state index in [1.807, 2.05) is 42.5 Å². The average Bonchev–Trinajstić information content (AvgIpc) is 3.15. The number of anilines is 1. The molecule has 0 radical (unpaired) electrons. The lowest BCUT2D eigenvalue weighted by Crippen LogP contribution is -2.11. The Labute approximate surface area is 167 Å². The zero-order valence-corrected chi connectivity index (χ0v) is 17.4. The average molecular weight is 443 g/mol. The maximum Gasteiger partial charge on any atom is 0.256 e. The van der Waals surface area contributed by atoms with Crippen molar-refractivity contribution in [3.8, 4) is 10.6 Å². The molecule has 0 aliphatic heterocycles. The molecule has 0 fully saturated rings. The summed E-state index contributed by atoms with van der Waals surface area (Å²) in [6, 6.07) is 15.5. The van der Waals surface area contributed by atoms with E-state index in [-0.39, 0.29) is 5.91 Å². The SMILES string of the molecule is Cc1sc(NC(=O)c2cccc(Br)c2)c(-c2nc3ccccc3s2)c1C.